The van der Waals surface area contributed by atoms with Crippen LogP contribution < -0.4 is 5.32 Å². The van der Waals surface area contributed by atoms with Gasteiger partial charge in [-0.2, -0.15) is 5.10 Å². The lowest BCUT2D eigenvalue weighted by atomic mass is 10.0. The smallest absolute Gasteiger partial charge is 0.225 e. The second-order valence-corrected chi connectivity index (χ2v) is 6.34. The highest BCUT2D eigenvalue weighted by molar-refractivity contribution is 6.30. The van der Waals surface area contributed by atoms with Crippen LogP contribution in [0.25, 0.3) is 0 Å². The molecule has 1 fully saturated rings. The van der Waals surface area contributed by atoms with Crippen molar-refractivity contribution < 1.29 is 4.79 Å². The molecule has 0 bridgehead atoms. The number of rotatable bonds is 5. The molecule has 0 aliphatic heterocycles. The summed E-state index contributed by atoms with van der Waals surface area (Å²) in [5.41, 5.74) is 1.10. The molecule has 5 heteroatoms. The minimum Gasteiger partial charge on any atom is -0.311 e. The zero-order chi connectivity index (χ0) is 15.4. The van der Waals surface area contributed by atoms with Gasteiger partial charge in [0, 0.05) is 17.5 Å². The Labute approximate surface area is 135 Å². The van der Waals surface area contributed by atoms with Crippen LogP contribution in [0.15, 0.2) is 36.5 Å². The highest BCUT2D eigenvalue weighted by Gasteiger charge is 2.19. The number of carbonyl (C=O) groups excluding carboxylic acids is 1. The van der Waals surface area contributed by atoms with Gasteiger partial charge in [0.2, 0.25) is 5.91 Å². The summed E-state index contributed by atoms with van der Waals surface area (Å²) >= 11 is 5.90. The van der Waals surface area contributed by atoms with E-state index in [4.69, 9.17) is 11.6 Å². The number of benzene rings is 1. The Bertz CT molecular complexity index is 630. The maximum absolute atomic E-state index is 12.1. The summed E-state index contributed by atoms with van der Waals surface area (Å²) < 4.78 is 1.80. The normalized spacial score (nSPS) is 15.1. The molecule has 22 heavy (non-hydrogen) atoms. The fourth-order valence-electron chi connectivity index (χ4n) is 3.00. The molecule has 1 aromatic heterocycles. The summed E-state index contributed by atoms with van der Waals surface area (Å²) in [6.45, 7) is 0.614. The molecule has 3 rings (SSSR count). The van der Waals surface area contributed by atoms with Gasteiger partial charge in [-0.25, -0.2) is 4.68 Å². The third-order valence-corrected chi connectivity index (χ3v) is 4.43. The van der Waals surface area contributed by atoms with E-state index in [0.717, 1.165) is 11.4 Å². The van der Waals surface area contributed by atoms with E-state index < -0.39 is 0 Å². The molecule has 1 aromatic carbocycles. The zero-order valence-electron chi connectivity index (χ0n) is 12.5. The van der Waals surface area contributed by atoms with E-state index in [0.29, 0.717) is 23.9 Å². The van der Waals surface area contributed by atoms with Crippen molar-refractivity contribution in [3.63, 3.8) is 0 Å². The van der Waals surface area contributed by atoms with Crippen LogP contribution in [0.4, 0.5) is 5.82 Å². The second kappa shape index (κ2) is 6.97. The first-order chi connectivity index (χ1) is 10.7. The highest BCUT2D eigenvalue weighted by atomic mass is 35.5. The molecule has 1 amide bonds. The molecule has 1 saturated carbocycles. The summed E-state index contributed by atoms with van der Waals surface area (Å²) in [7, 11) is 0. The van der Waals surface area contributed by atoms with E-state index in [2.05, 4.69) is 10.4 Å². The summed E-state index contributed by atoms with van der Waals surface area (Å²) in [6.07, 6.45) is 7.20. The van der Waals surface area contributed by atoms with Crippen LogP contribution in [0.3, 0.4) is 0 Å². The highest BCUT2D eigenvalue weighted by Crippen LogP contribution is 2.27. The van der Waals surface area contributed by atoms with Crippen molar-refractivity contribution in [2.75, 3.05) is 5.32 Å². The third kappa shape index (κ3) is 3.89. The SMILES string of the molecule is O=C(CC1CCCC1)Nc1ccnn1Cc1ccc(Cl)cc1. The van der Waals surface area contributed by atoms with Gasteiger partial charge < -0.3 is 5.32 Å². The van der Waals surface area contributed by atoms with Crippen LogP contribution in [0.2, 0.25) is 5.02 Å². The molecular formula is C17H20ClN3O. The molecule has 2 aromatic rings. The van der Waals surface area contributed by atoms with E-state index in [9.17, 15) is 4.79 Å². The first kappa shape index (κ1) is 15.1. The topological polar surface area (TPSA) is 46.9 Å². The Morgan fingerprint density at radius 2 is 1.95 bits per heavy atom. The Morgan fingerprint density at radius 1 is 1.23 bits per heavy atom. The van der Waals surface area contributed by atoms with Crippen molar-refractivity contribution in [2.24, 2.45) is 5.92 Å². The molecule has 0 atom stereocenters. The van der Waals surface area contributed by atoms with Crippen LogP contribution in [0, 0.1) is 5.92 Å². The van der Waals surface area contributed by atoms with Crippen LogP contribution in [0.1, 0.15) is 37.7 Å². The standard InChI is InChI=1S/C17H20ClN3O/c18-15-7-5-14(6-8-15)12-21-16(9-10-19-21)20-17(22)11-13-3-1-2-4-13/h5-10,13H,1-4,11-12H2,(H,20,22). The van der Waals surface area contributed by atoms with Gasteiger partial charge >= 0.3 is 0 Å². The number of hydrogen-bond donors (Lipinski definition) is 1. The van der Waals surface area contributed by atoms with Gasteiger partial charge in [0.1, 0.15) is 5.82 Å². The molecule has 116 valence electrons. The average molecular weight is 318 g/mol. The van der Waals surface area contributed by atoms with Crippen molar-refractivity contribution in [3.8, 4) is 0 Å². The number of hydrogen-bond acceptors (Lipinski definition) is 2. The van der Waals surface area contributed by atoms with Crippen LogP contribution in [-0.2, 0) is 11.3 Å². The predicted molar refractivity (Wildman–Crippen MR) is 88.0 cm³/mol. The van der Waals surface area contributed by atoms with Crippen molar-refractivity contribution in [3.05, 3.63) is 47.1 Å². The maximum atomic E-state index is 12.1. The van der Waals surface area contributed by atoms with E-state index in [-0.39, 0.29) is 5.91 Å². The number of amides is 1. The number of nitrogens with one attached hydrogen (secondary N) is 1. The summed E-state index contributed by atoms with van der Waals surface area (Å²) in [5.74, 6) is 1.38. The third-order valence-electron chi connectivity index (χ3n) is 4.18. The van der Waals surface area contributed by atoms with Crippen molar-refractivity contribution in [1.82, 2.24) is 9.78 Å². The number of carbonyl (C=O) groups is 1. The number of anilines is 1. The summed E-state index contributed by atoms with van der Waals surface area (Å²) in [6, 6.07) is 9.49. The number of nitrogens with zero attached hydrogens (tertiary/aromatic N) is 2. The van der Waals surface area contributed by atoms with E-state index >= 15 is 0 Å². The molecule has 1 aliphatic rings. The predicted octanol–water partition coefficient (Wildman–Crippen LogP) is 4.10. The summed E-state index contributed by atoms with van der Waals surface area (Å²) in [4.78, 5) is 12.1. The lowest BCUT2D eigenvalue weighted by Gasteiger charge is -2.11. The Morgan fingerprint density at radius 3 is 2.68 bits per heavy atom. The Kier molecular flexibility index (Phi) is 4.78. The molecule has 0 radical (unpaired) electrons. The van der Waals surface area contributed by atoms with Crippen LogP contribution in [-0.4, -0.2) is 15.7 Å². The molecule has 0 unspecified atom stereocenters. The number of aromatic nitrogens is 2. The minimum atomic E-state index is 0.0877. The largest absolute Gasteiger partial charge is 0.311 e. The maximum Gasteiger partial charge on any atom is 0.225 e. The molecule has 1 heterocycles. The first-order valence-electron chi connectivity index (χ1n) is 7.77. The van der Waals surface area contributed by atoms with Gasteiger partial charge in [0.25, 0.3) is 0 Å². The fourth-order valence-corrected chi connectivity index (χ4v) is 3.12. The Hall–Kier alpha value is -1.81. The van der Waals surface area contributed by atoms with Gasteiger partial charge in [-0.1, -0.05) is 36.6 Å². The monoisotopic (exact) mass is 317 g/mol. The molecular weight excluding hydrogens is 298 g/mol. The van der Waals surface area contributed by atoms with Crippen molar-refractivity contribution in [1.29, 1.82) is 0 Å². The van der Waals surface area contributed by atoms with Gasteiger partial charge in [-0.3, -0.25) is 4.79 Å². The quantitative estimate of drug-likeness (QED) is 0.902. The van der Waals surface area contributed by atoms with Crippen molar-refractivity contribution >= 4 is 23.3 Å². The fraction of sp³-hybridized carbons (Fsp3) is 0.412. The number of halogens is 1. The van der Waals surface area contributed by atoms with E-state index in [1.807, 2.05) is 30.3 Å². The van der Waals surface area contributed by atoms with E-state index in [1.165, 1.54) is 25.7 Å². The lowest BCUT2D eigenvalue weighted by molar-refractivity contribution is -0.117. The molecule has 0 spiro atoms. The Balaban J connectivity index is 1.61. The molecule has 1 N–H and O–H groups in total. The van der Waals surface area contributed by atoms with Gasteiger partial charge in [0.05, 0.1) is 12.7 Å². The van der Waals surface area contributed by atoms with Crippen molar-refractivity contribution in [2.45, 2.75) is 38.6 Å². The minimum absolute atomic E-state index is 0.0877. The average Bonchev–Trinajstić information content (AvgIpc) is 3.14. The summed E-state index contributed by atoms with van der Waals surface area (Å²) in [5, 5.41) is 7.99. The molecule has 0 saturated heterocycles. The van der Waals surface area contributed by atoms with Crippen LogP contribution in [0.5, 0.6) is 0 Å². The van der Waals surface area contributed by atoms with Gasteiger partial charge in [0.15, 0.2) is 0 Å². The second-order valence-electron chi connectivity index (χ2n) is 5.90. The molecule has 1 aliphatic carbocycles. The van der Waals surface area contributed by atoms with Crippen LogP contribution >= 0.6 is 11.6 Å². The lowest BCUT2D eigenvalue weighted by Crippen LogP contribution is -2.18. The molecule has 4 nitrogen and oxygen atoms in total. The van der Waals surface area contributed by atoms with Gasteiger partial charge in [-0.15, -0.1) is 0 Å². The van der Waals surface area contributed by atoms with E-state index in [1.54, 1.807) is 10.9 Å². The first-order valence-corrected chi connectivity index (χ1v) is 8.14. The van der Waals surface area contributed by atoms with Gasteiger partial charge in [-0.05, 0) is 36.5 Å². The zero-order valence-corrected chi connectivity index (χ0v) is 13.2.